The van der Waals surface area contributed by atoms with Gasteiger partial charge in [-0.05, 0) is 37.6 Å². The van der Waals surface area contributed by atoms with Gasteiger partial charge in [-0.2, -0.15) is 0 Å². The highest BCUT2D eigenvalue weighted by atomic mass is 16.5. The van der Waals surface area contributed by atoms with E-state index >= 15 is 0 Å². The summed E-state index contributed by atoms with van der Waals surface area (Å²) < 4.78 is 19.6. The minimum absolute atomic E-state index is 0.0453. The molecule has 0 aliphatic rings. The highest BCUT2D eigenvalue weighted by Crippen LogP contribution is 2.17. The first-order chi connectivity index (χ1) is 11.5. The summed E-state index contributed by atoms with van der Waals surface area (Å²) in [6.07, 6.45) is 2.38. The van der Waals surface area contributed by atoms with Gasteiger partial charge in [0.25, 0.3) is 0 Å². The van der Waals surface area contributed by atoms with Gasteiger partial charge in [0.15, 0.2) is 0 Å². The minimum Gasteiger partial charge on any atom is -0.497 e. The molecule has 1 aromatic carbocycles. The fraction of sp³-hybridized carbons (Fsp3) is 0.353. The summed E-state index contributed by atoms with van der Waals surface area (Å²) in [5.41, 5.74) is 0. The molecule has 0 saturated carbocycles. The first-order valence-corrected chi connectivity index (χ1v) is 7.41. The van der Waals surface area contributed by atoms with E-state index in [4.69, 9.17) is 14.2 Å². The van der Waals surface area contributed by atoms with Crippen LogP contribution in [-0.2, 0) is 23.9 Å². The van der Waals surface area contributed by atoms with Crippen LogP contribution < -0.4 is 9.47 Å². The van der Waals surface area contributed by atoms with Gasteiger partial charge in [0.1, 0.15) is 11.5 Å². The number of esters is 3. The summed E-state index contributed by atoms with van der Waals surface area (Å²) in [7, 11) is 1.55. The third-order valence-electron chi connectivity index (χ3n) is 2.70. The van der Waals surface area contributed by atoms with Crippen molar-refractivity contribution in [3.05, 3.63) is 36.4 Å². The maximum atomic E-state index is 11.6. The van der Waals surface area contributed by atoms with E-state index in [9.17, 15) is 14.4 Å². The Labute approximate surface area is 140 Å². The van der Waals surface area contributed by atoms with Crippen LogP contribution in [0, 0.1) is 0 Å². The zero-order valence-corrected chi connectivity index (χ0v) is 13.7. The molecule has 130 valence electrons. The van der Waals surface area contributed by atoms with Crippen molar-refractivity contribution in [3.63, 3.8) is 0 Å². The number of carbonyl (C=O) groups is 3. The van der Waals surface area contributed by atoms with Crippen molar-refractivity contribution >= 4 is 17.9 Å². The Morgan fingerprint density at radius 2 is 1.54 bits per heavy atom. The number of hydrogen-bond acceptors (Lipinski definition) is 7. The Bertz CT molecular complexity index is 575. The molecule has 0 aromatic heterocycles. The van der Waals surface area contributed by atoms with Gasteiger partial charge in [-0.25, -0.2) is 9.59 Å². The predicted molar refractivity (Wildman–Crippen MR) is 84.6 cm³/mol. The van der Waals surface area contributed by atoms with Crippen molar-refractivity contribution in [1.82, 2.24) is 0 Å². The summed E-state index contributed by atoms with van der Waals surface area (Å²) in [5.74, 6) is -0.643. The molecule has 0 atom stereocenters. The fourth-order valence-electron chi connectivity index (χ4n) is 1.59. The van der Waals surface area contributed by atoms with Crippen LogP contribution in [0.15, 0.2) is 36.4 Å². The summed E-state index contributed by atoms with van der Waals surface area (Å²) >= 11 is 0. The number of rotatable bonds is 9. The molecule has 7 nitrogen and oxygen atoms in total. The van der Waals surface area contributed by atoms with Crippen LogP contribution >= 0.6 is 0 Å². The van der Waals surface area contributed by atoms with Crippen LogP contribution in [0.1, 0.15) is 19.8 Å². The van der Waals surface area contributed by atoms with Crippen LogP contribution in [0.4, 0.5) is 0 Å². The lowest BCUT2D eigenvalue weighted by Crippen LogP contribution is -2.10. The summed E-state index contributed by atoms with van der Waals surface area (Å²) in [5, 5.41) is 0. The van der Waals surface area contributed by atoms with E-state index in [0.717, 1.165) is 12.2 Å². The van der Waals surface area contributed by atoms with E-state index in [0.29, 0.717) is 17.9 Å². The smallest absolute Gasteiger partial charge is 0.331 e. The maximum absolute atomic E-state index is 11.6. The SMILES string of the molecule is CCOC(=O)/C=C\C(=O)OCCCC(=O)Oc1ccc(OC)cc1. The molecule has 0 amide bonds. The molecule has 0 aliphatic carbocycles. The van der Waals surface area contributed by atoms with Gasteiger partial charge in [-0.1, -0.05) is 0 Å². The third-order valence-corrected chi connectivity index (χ3v) is 2.70. The molecular formula is C17H20O7. The highest BCUT2D eigenvalue weighted by molar-refractivity contribution is 5.91. The Morgan fingerprint density at radius 1 is 0.958 bits per heavy atom. The number of benzene rings is 1. The Hall–Kier alpha value is -2.83. The van der Waals surface area contributed by atoms with Crippen LogP contribution in [0.2, 0.25) is 0 Å². The lowest BCUT2D eigenvalue weighted by atomic mass is 10.3. The van der Waals surface area contributed by atoms with Gasteiger partial charge in [-0.15, -0.1) is 0 Å². The maximum Gasteiger partial charge on any atom is 0.331 e. The first-order valence-electron chi connectivity index (χ1n) is 7.41. The number of methoxy groups -OCH3 is 1. The van der Waals surface area contributed by atoms with Crippen LogP contribution in [0.25, 0.3) is 0 Å². The van der Waals surface area contributed by atoms with Crippen molar-refractivity contribution < 1.29 is 33.3 Å². The average molecular weight is 336 g/mol. The molecule has 0 N–H and O–H groups in total. The molecule has 0 bridgehead atoms. The molecule has 24 heavy (non-hydrogen) atoms. The molecule has 0 heterocycles. The van der Waals surface area contributed by atoms with E-state index < -0.39 is 17.9 Å². The standard InChI is InChI=1S/C17H20O7/c1-3-22-15(18)10-11-16(19)23-12-4-5-17(20)24-14-8-6-13(21-2)7-9-14/h6-11H,3-5,12H2,1-2H3/b11-10-. The molecule has 0 unspecified atom stereocenters. The quantitative estimate of drug-likeness (QED) is 0.295. The molecule has 0 spiro atoms. The van der Waals surface area contributed by atoms with E-state index in [1.54, 1.807) is 38.3 Å². The Balaban J connectivity index is 2.20. The topological polar surface area (TPSA) is 88.1 Å². The van der Waals surface area contributed by atoms with Gasteiger partial charge in [-0.3, -0.25) is 4.79 Å². The molecule has 7 heteroatoms. The van der Waals surface area contributed by atoms with E-state index in [2.05, 4.69) is 4.74 Å². The number of carbonyl (C=O) groups excluding carboxylic acids is 3. The Kier molecular flexibility index (Phi) is 8.67. The van der Waals surface area contributed by atoms with E-state index in [-0.39, 0.29) is 19.6 Å². The van der Waals surface area contributed by atoms with E-state index in [1.165, 1.54) is 0 Å². The largest absolute Gasteiger partial charge is 0.497 e. The second kappa shape index (κ2) is 10.8. The molecule has 1 rings (SSSR count). The van der Waals surface area contributed by atoms with Gasteiger partial charge in [0.2, 0.25) is 0 Å². The van der Waals surface area contributed by atoms with Gasteiger partial charge in [0.05, 0.1) is 20.3 Å². The summed E-state index contributed by atoms with van der Waals surface area (Å²) in [6.45, 7) is 1.94. The van der Waals surface area contributed by atoms with Crippen molar-refractivity contribution in [1.29, 1.82) is 0 Å². The fourth-order valence-corrected chi connectivity index (χ4v) is 1.59. The zero-order chi connectivity index (χ0) is 17.8. The second-order valence-electron chi connectivity index (χ2n) is 4.51. The van der Waals surface area contributed by atoms with Crippen LogP contribution in [-0.4, -0.2) is 38.2 Å². The lowest BCUT2D eigenvalue weighted by molar-refractivity contribution is -0.141. The second-order valence-corrected chi connectivity index (χ2v) is 4.51. The molecule has 0 radical (unpaired) electrons. The first kappa shape index (κ1) is 19.2. The van der Waals surface area contributed by atoms with Crippen molar-refractivity contribution in [2.45, 2.75) is 19.8 Å². The van der Waals surface area contributed by atoms with Crippen LogP contribution in [0.5, 0.6) is 11.5 Å². The molecule has 0 saturated heterocycles. The minimum atomic E-state index is -0.674. The molecule has 1 aromatic rings. The molecule has 0 aliphatic heterocycles. The third kappa shape index (κ3) is 7.98. The van der Waals surface area contributed by atoms with E-state index in [1.807, 2.05) is 0 Å². The highest BCUT2D eigenvalue weighted by Gasteiger charge is 2.06. The van der Waals surface area contributed by atoms with Gasteiger partial charge < -0.3 is 18.9 Å². The Morgan fingerprint density at radius 3 is 2.12 bits per heavy atom. The number of hydrogen-bond donors (Lipinski definition) is 0. The normalized spacial score (nSPS) is 10.2. The van der Waals surface area contributed by atoms with Crippen molar-refractivity contribution in [3.8, 4) is 11.5 Å². The predicted octanol–water partition coefficient (Wildman–Crippen LogP) is 2.04. The average Bonchev–Trinajstić information content (AvgIpc) is 2.58. The van der Waals surface area contributed by atoms with Crippen LogP contribution in [0.3, 0.4) is 0 Å². The monoisotopic (exact) mass is 336 g/mol. The van der Waals surface area contributed by atoms with Gasteiger partial charge in [0, 0.05) is 18.6 Å². The summed E-state index contributed by atoms with van der Waals surface area (Å²) in [4.78, 5) is 33.9. The molecule has 0 fully saturated rings. The summed E-state index contributed by atoms with van der Waals surface area (Å²) in [6, 6.07) is 6.61. The van der Waals surface area contributed by atoms with Gasteiger partial charge >= 0.3 is 17.9 Å². The van der Waals surface area contributed by atoms with Crippen molar-refractivity contribution in [2.24, 2.45) is 0 Å². The molecular weight excluding hydrogens is 316 g/mol. The number of ether oxygens (including phenoxy) is 4. The van der Waals surface area contributed by atoms with Crippen molar-refractivity contribution in [2.75, 3.05) is 20.3 Å². The lowest BCUT2D eigenvalue weighted by Gasteiger charge is -2.05. The zero-order valence-electron chi connectivity index (χ0n) is 13.7.